The Bertz CT molecular complexity index is 326. The van der Waals surface area contributed by atoms with Gasteiger partial charge in [0.15, 0.2) is 0 Å². The van der Waals surface area contributed by atoms with Gasteiger partial charge in [-0.05, 0) is 32.9 Å². The predicted molar refractivity (Wildman–Crippen MR) is 74.8 cm³/mol. The average Bonchev–Trinajstić information content (AvgIpc) is 2.27. The first kappa shape index (κ1) is 16.1. The van der Waals surface area contributed by atoms with E-state index >= 15 is 0 Å². The van der Waals surface area contributed by atoms with E-state index < -0.39 is 0 Å². The van der Waals surface area contributed by atoms with Gasteiger partial charge in [-0.1, -0.05) is 30.3 Å². The van der Waals surface area contributed by atoms with Crippen LogP contribution in [0.15, 0.2) is 30.3 Å². The molecule has 0 N–H and O–H groups in total. The maximum atomic E-state index is 10.9. The third-order valence-electron chi connectivity index (χ3n) is 2.94. The molecule has 1 atom stereocenters. The van der Waals surface area contributed by atoms with E-state index in [2.05, 4.69) is 43.1 Å². The summed E-state index contributed by atoms with van der Waals surface area (Å²) in [5.41, 5.74) is 1.35. The first-order chi connectivity index (χ1) is 7.59. The fraction of sp³-hybridized carbons (Fsp3) is 0.500. The Kier molecular flexibility index (Phi) is 7.85. The zero-order valence-corrected chi connectivity index (χ0v) is 11.7. The van der Waals surface area contributed by atoms with Crippen molar-refractivity contribution in [3.63, 3.8) is 0 Å². The Labute approximate surface area is 110 Å². The number of likely N-dealkylation sites (N-methyl/N-ethyl adjacent to an activating group) is 1. The molecule has 0 fully saturated rings. The SMILES string of the molecule is CC(=O)CCN(C)C(C)Cc1ccccc1.Cl. The van der Waals surface area contributed by atoms with Gasteiger partial charge in [0.2, 0.25) is 0 Å². The predicted octanol–water partition coefficient (Wildman–Crippen LogP) is 2.95. The van der Waals surface area contributed by atoms with Crippen molar-refractivity contribution in [2.24, 2.45) is 0 Å². The minimum Gasteiger partial charge on any atom is -0.303 e. The van der Waals surface area contributed by atoms with Gasteiger partial charge in [-0.15, -0.1) is 12.4 Å². The number of ketones is 1. The highest BCUT2D eigenvalue weighted by atomic mass is 35.5. The minimum atomic E-state index is 0. The smallest absolute Gasteiger partial charge is 0.131 e. The standard InChI is InChI=1S/C14H21NO.ClH/c1-12(15(3)10-9-13(2)16)11-14-7-5-4-6-8-14;/h4-8,12H,9-11H2,1-3H3;1H. The summed E-state index contributed by atoms with van der Waals surface area (Å²) < 4.78 is 0. The van der Waals surface area contributed by atoms with Crippen molar-refractivity contribution in [3.05, 3.63) is 35.9 Å². The number of carbonyl (C=O) groups excluding carboxylic acids is 1. The number of nitrogens with zero attached hydrogens (tertiary/aromatic N) is 1. The maximum Gasteiger partial charge on any atom is 0.131 e. The van der Waals surface area contributed by atoms with Crippen molar-refractivity contribution in [2.45, 2.75) is 32.7 Å². The number of Topliss-reactive ketones (excluding diaryl/α,β-unsaturated/α-hetero) is 1. The van der Waals surface area contributed by atoms with Crippen LogP contribution in [0, 0.1) is 0 Å². The van der Waals surface area contributed by atoms with Crippen molar-refractivity contribution >= 4 is 18.2 Å². The molecule has 96 valence electrons. The van der Waals surface area contributed by atoms with Gasteiger partial charge in [0.1, 0.15) is 5.78 Å². The van der Waals surface area contributed by atoms with Crippen LogP contribution in [-0.2, 0) is 11.2 Å². The van der Waals surface area contributed by atoms with Crippen LogP contribution in [0.1, 0.15) is 25.8 Å². The number of carbonyl (C=O) groups is 1. The number of halogens is 1. The summed E-state index contributed by atoms with van der Waals surface area (Å²) in [5.74, 6) is 0.263. The van der Waals surface area contributed by atoms with Crippen LogP contribution in [0.4, 0.5) is 0 Å². The fourth-order valence-electron chi connectivity index (χ4n) is 1.67. The van der Waals surface area contributed by atoms with E-state index in [0.29, 0.717) is 12.5 Å². The summed E-state index contributed by atoms with van der Waals surface area (Å²) in [5, 5.41) is 0. The summed E-state index contributed by atoms with van der Waals surface area (Å²) in [4.78, 5) is 13.1. The molecule has 0 aliphatic heterocycles. The molecule has 0 bridgehead atoms. The molecule has 2 nitrogen and oxygen atoms in total. The van der Waals surface area contributed by atoms with Gasteiger partial charge < -0.3 is 4.90 Å². The second kappa shape index (κ2) is 8.26. The van der Waals surface area contributed by atoms with Gasteiger partial charge >= 0.3 is 0 Å². The molecule has 0 saturated carbocycles. The third kappa shape index (κ3) is 6.44. The van der Waals surface area contributed by atoms with Crippen LogP contribution in [0.25, 0.3) is 0 Å². The van der Waals surface area contributed by atoms with E-state index in [9.17, 15) is 4.79 Å². The molecule has 1 rings (SSSR count). The van der Waals surface area contributed by atoms with Gasteiger partial charge in [0.25, 0.3) is 0 Å². The average molecular weight is 256 g/mol. The van der Waals surface area contributed by atoms with E-state index in [0.717, 1.165) is 13.0 Å². The number of hydrogen-bond acceptors (Lipinski definition) is 2. The zero-order chi connectivity index (χ0) is 12.0. The topological polar surface area (TPSA) is 20.3 Å². The van der Waals surface area contributed by atoms with Crippen molar-refractivity contribution < 1.29 is 4.79 Å². The molecule has 1 aromatic carbocycles. The third-order valence-corrected chi connectivity index (χ3v) is 2.94. The monoisotopic (exact) mass is 255 g/mol. The summed E-state index contributed by atoms with van der Waals surface area (Å²) in [6.07, 6.45) is 1.69. The van der Waals surface area contributed by atoms with Gasteiger partial charge in [0, 0.05) is 19.0 Å². The van der Waals surface area contributed by atoms with Crippen molar-refractivity contribution in [3.8, 4) is 0 Å². The Morgan fingerprint density at radius 1 is 1.29 bits per heavy atom. The first-order valence-corrected chi connectivity index (χ1v) is 5.83. The lowest BCUT2D eigenvalue weighted by molar-refractivity contribution is -0.117. The zero-order valence-electron chi connectivity index (χ0n) is 10.8. The lowest BCUT2D eigenvalue weighted by atomic mass is 10.1. The van der Waals surface area contributed by atoms with Crippen LogP contribution in [0.5, 0.6) is 0 Å². The summed E-state index contributed by atoms with van der Waals surface area (Å²) >= 11 is 0. The largest absolute Gasteiger partial charge is 0.303 e. The molecule has 0 heterocycles. The molecular weight excluding hydrogens is 234 g/mol. The van der Waals surface area contributed by atoms with Crippen molar-refractivity contribution in [2.75, 3.05) is 13.6 Å². The molecule has 17 heavy (non-hydrogen) atoms. The second-order valence-corrected chi connectivity index (χ2v) is 4.47. The van der Waals surface area contributed by atoms with E-state index in [1.165, 1.54) is 5.56 Å². The number of hydrogen-bond donors (Lipinski definition) is 0. The molecular formula is C14H22ClNO. The molecule has 0 aliphatic carbocycles. The Balaban J connectivity index is 0.00000256. The van der Waals surface area contributed by atoms with E-state index in [1.54, 1.807) is 6.92 Å². The molecule has 0 radical (unpaired) electrons. The first-order valence-electron chi connectivity index (χ1n) is 5.83. The van der Waals surface area contributed by atoms with Crippen LogP contribution < -0.4 is 0 Å². The van der Waals surface area contributed by atoms with E-state index in [4.69, 9.17) is 0 Å². The molecule has 1 aromatic rings. The minimum absolute atomic E-state index is 0. The Morgan fingerprint density at radius 2 is 1.88 bits per heavy atom. The summed E-state index contributed by atoms with van der Waals surface area (Å²) in [7, 11) is 2.08. The number of benzene rings is 1. The van der Waals surface area contributed by atoms with Gasteiger partial charge in [-0.2, -0.15) is 0 Å². The maximum absolute atomic E-state index is 10.9. The van der Waals surface area contributed by atoms with Crippen molar-refractivity contribution in [1.82, 2.24) is 4.90 Å². The molecule has 3 heteroatoms. The lowest BCUT2D eigenvalue weighted by Gasteiger charge is -2.24. The van der Waals surface area contributed by atoms with Crippen LogP contribution in [0.3, 0.4) is 0 Å². The van der Waals surface area contributed by atoms with Gasteiger partial charge in [-0.3, -0.25) is 4.79 Å². The Morgan fingerprint density at radius 3 is 2.41 bits per heavy atom. The van der Waals surface area contributed by atoms with E-state index in [-0.39, 0.29) is 18.2 Å². The summed E-state index contributed by atoms with van der Waals surface area (Å²) in [6.45, 7) is 4.70. The Hall–Kier alpha value is -0.860. The molecule has 0 aliphatic rings. The molecule has 1 unspecified atom stereocenters. The second-order valence-electron chi connectivity index (χ2n) is 4.47. The lowest BCUT2D eigenvalue weighted by Crippen LogP contribution is -2.32. The summed E-state index contributed by atoms with van der Waals surface area (Å²) in [6, 6.07) is 10.9. The quantitative estimate of drug-likeness (QED) is 0.779. The highest BCUT2D eigenvalue weighted by molar-refractivity contribution is 5.85. The highest BCUT2D eigenvalue weighted by Crippen LogP contribution is 2.07. The van der Waals surface area contributed by atoms with Crippen molar-refractivity contribution in [1.29, 1.82) is 0 Å². The van der Waals surface area contributed by atoms with Crippen LogP contribution in [-0.4, -0.2) is 30.3 Å². The van der Waals surface area contributed by atoms with Crippen LogP contribution >= 0.6 is 12.4 Å². The number of rotatable bonds is 6. The van der Waals surface area contributed by atoms with Gasteiger partial charge in [0.05, 0.1) is 0 Å². The van der Waals surface area contributed by atoms with Gasteiger partial charge in [-0.25, -0.2) is 0 Å². The highest BCUT2D eigenvalue weighted by Gasteiger charge is 2.10. The fourth-order valence-corrected chi connectivity index (χ4v) is 1.67. The molecule has 0 amide bonds. The van der Waals surface area contributed by atoms with E-state index in [1.807, 2.05) is 6.07 Å². The molecule has 0 aromatic heterocycles. The molecule has 0 spiro atoms. The molecule has 0 saturated heterocycles. The van der Waals surface area contributed by atoms with Crippen LogP contribution in [0.2, 0.25) is 0 Å². The normalized spacial score (nSPS) is 12.0.